The zero-order valence-electron chi connectivity index (χ0n) is 11.4. The molecule has 0 aromatic carbocycles. The van der Waals surface area contributed by atoms with Gasteiger partial charge in [-0.05, 0) is 38.8 Å². The second-order valence-electron chi connectivity index (χ2n) is 5.28. The molecule has 1 saturated heterocycles. The summed E-state index contributed by atoms with van der Waals surface area (Å²) in [6.45, 7) is 7.56. The van der Waals surface area contributed by atoms with Gasteiger partial charge in [0, 0.05) is 25.2 Å². The summed E-state index contributed by atoms with van der Waals surface area (Å²) in [5.74, 6) is 1.33. The van der Waals surface area contributed by atoms with Crippen molar-refractivity contribution in [2.24, 2.45) is 5.92 Å². The van der Waals surface area contributed by atoms with E-state index < -0.39 is 4.92 Å². The Morgan fingerprint density at radius 1 is 1.58 bits per heavy atom. The topological polar surface area (TPSA) is 71.3 Å². The van der Waals surface area contributed by atoms with Crippen LogP contribution in [0.4, 0.5) is 11.5 Å². The molecule has 0 aliphatic carbocycles. The molecule has 1 N–H and O–H groups in total. The van der Waals surface area contributed by atoms with Crippen LogP contribution in [-0.2, 0) is 0 Å². The molecule has 1 aromatic heterocycles. The van der Waals surface area contributed by atoms with E-state index in [1.165, 1.54) is 18.7 Å². The molecule has 1 unspecified atom stereocenters. The van der Waals surface area contributed by atoms with E-state index in [1.807, 2.05) is 0 Å². The number of nitrogens with zero attached hydrogens (tertiary/aromatic N) is 3. The van der Waals surface area contributed by atoms with Crippen LogP contribution in [0.25, 0.3) is 0 Å². The second-order valence-corrected chi connectivity index (χ2v) is 5.28. The summed E-state index contributed by atoms with van der Waals surface area (Å²) in [4.78, 5) is 16.6. The van der Waals surface area contributed by atoms with E-state index in [0.29, 0.717) is 17.8 Å². The fraction of sp³-hybridized carbons (Fsp3) is 0.615. The van der Waals surface area contributed by atoms with Gasteiger partial charge in [-0.1, -0.05) is 0 Å². The lowest BCUT2D eigenvalue weighted by Gasteiger charge is -2.20. The van der Waals surface area contributed by atoms with Crippen molar-refractivity contribution < 1.29 is 4.92 Å². The molecule has 1 aliphatic rings. The average molecular weight is 264 g/mol. The Morgan fingerprint density at radius 2 is 2.37 bits per heavy atom. The van der Waals surface area contributed by atoms with Gasteiger partial charge in [0.05, 0.1) is 4.92 Å². The molecule has 0 radical (unpaired) electrons. The molecule has 6 heteroatoms. The number of nitro groups is 1. The van der Waals surface area contributed by atoms with Crippen molar-refractivity contribution in [3.05, 3.63) is 28.4 Å². The average Bonchev–Trinajstić information content (AvgIpc) is 2.86. The summed E-state index contributed by atoms with van der Waals surface area (Å²) in [6, 6.07) is 3.74. The van der Waals surface area contributed by atoms with Crippen LogP contribution in [0.5, 0.6) is 0 Å². The van der Waals surface area contributed by atoms with Crippen molar-refractivity contribution in [2.75, 3.05) is 25.0 Å². The van der Waals surface area contributed by atoms with E-state index in [9.17, 15) is 10.1 Å². The minimum Gasteiger partial charge on any atom is -0.370 e. The first-order chi connectivity index (χ1) is 9.06. The third-order valence-corrected chi connectivity index (χ3v) is 3.58. The summed E-state index contributed by atoms with van der Waals surface area (Å²) in [5.41, 5.74) is 0.0254. The number of hydrogen-bond acceptors (Lipinski definition) is 5. The smallest absolute Gasteiger partial charge is 0.287 e. The molecule has 0 bridgehead atoms. The van der Waals surface area contributed by atoms with Crippen LogP contribution in [0.3, 0.4) is 0 Å². The lowest BCUT2D eigenvalue weighted by atomic mass is 10.1. The zero-order valence-corrected chi connectivity index (χ0v) is 11.4. The van der Waals surface area contributed by atoms with E-state index >= 15 is 0 Å². The van der Waals surface area contributed by atoms with Crippen molar-refractivity contribution in [1.82, 2.24) is 9.88 Å². The van der Waals surface area contributed by atoms with E-state index in [-0.39, 0.29) is 5.69 Å². The highest BCUT2D eigenvalue weighted by atomic mass is 16.6. The molecule has 1 atom stereocenters. The Hall–Kier alpha value is -1.69. The lowest BCUT2D eigenvalue weighted by Crippen LogP contribution is -2.29. The predicted octanol–water partition coefficient (Wildman–Crippen LogP) is 2.13. The van der Waals surface area contributed by atoms with E-state index in [0.717, 1.165) is 19.6 Å². The molecular weight excluding hydrogens is 244 g/mol. The largest absolute Gasteiger partial charge is 0.370 e. The molecule has 19 heavy (non-hydrogen) atoms. The maximum atomic E-state index is 10.5. The standard InChI is InChI=1S/C13H20N4O2/c1-10(2)16-6-5-11(9-16)7-14-13-4-3-12(8-15-13)17(18)19/h3-4,8,10-11H,5-7,9H2,1-2H3,(H,14,15). The van der Waals surface area contributed by atoms with Crippen LogP contribution in [-0.4, -0.2) is 40.5 Å². The summed E-state index contributed by atoms with van der Waals surface area (Å²) in [6.07, 6.45) is 2.48. The van der Waals surface area contributed by atoms with E-state index in [2.05, 4.69) is 29.0 Å². The predicted molar refractivity (Wildman–Crippen MR) is 74.2 cm³/mol. The molecule has 0 saturated carbocycles. The number of aromatic nitrogens is 1. The van der Waals surface area contributed by atoms with Gasteiger partial charge < -0.3 is 10.2 Å². The first-order valence-electron chi connectivity index (χ1n) is 6.64. The summed E-state index contributed by atoms with van der Waals surface area (Å²) in [5, 5.41) is 13.8. The number of rotatable bonds is 5. The van der Waals surface area contributed by atoms with Crippen molar-refractivity contribution in [2.45, 2.75) is 26.3 Å². The van der Waals surface area contributed by atoms with E-state index in [4.69, 9.17) is 0 Å². The van der Waals surface area contributed by atoms with Crippen LogP contribution in [0, 0.1) is 16.0 Å². The van der Waals surface area contributed by atoms with Gasteiger partial charge in [0.2, 0.25) is 0 Å². The first kappa shape index (κ1) is 13.7. The van der Waals surface area contributed by atoms with Crippen LogP contribution in [0.15, 0.2) is 18.3 Å². The van der Waals surface area contributed by atoms with Gasteiger partial charge in [-0.15, -0.1) is 0 Å². The zero-order chi connectivity index (χ0) is 13.8. The van der Waals surface area contributed by atoms with Crippen molar-refractivity contribution in [3.63, 3.8) is 0 Å². The second kappa shape index (κ2) is 5.97. The summed E-state index contributed by atoms with van der Waals surface area (Å²) < 4.78 is 0. The monoisotopic (exact) mass is 264 g/mol. The molecule has 1 aromatic rings. The van der Waals surface area contributed by atoms with Crippen molar-refractivity contribution in [3.8, 4) is 0 Å². The van der Waals surface area contributed by atoms with Gasteiger partial charge in [-0.25, -0.2) is 4.98 Å². The number of pyridine rings is 1. The third-order valence-electron chi connectivity index (χ3n) is 3.58. The molecule has 6 nitrogen and oxygen atoms in total. The maximum Gasteiger partial charge on any atom is 0.287 e. The Bertz CT molecular complexity index is 433. The van der Waals surface area contributed by atoms with Gasteiger partial charge >= 0.3 is 0 Å². The summed E-state index contributed by atoms with van der Waals surface area (Å²) in [7, 11) is 0. The normalized spacial score (nSPS) is 19.8. The van der Waals surface area contributed by atoms with Gasteiger partial charge in [-0.2, -0.15) is 0 Å². The SMILES string of the molecule is CC(C)N1CCC(CNc2ccc([N+](=O)[O-])cn2)C1. The van der Waals surface area contributed by atoms with Gasteiger partial charge in [0.1, 0.15) is 12.0 Å². The van der Waals surface area contributed by atoms with Crippen molar-refractivity contribution in [1.29, 1.82) is 0 Å². The minimum absolute atomic E-state index is 0.0254. The van der Waals surface area contributed by atoms with Crippen LogP contribution in [0.2, 0.25) is 0 Å². The Labute approximate surface area is 113 Å². The van der Waals surface area contributed by atoms with Crippen LogP contribution in [0.1, 0.15) is 20.3 Å². The molecule has 104 valence electrons. The third kappa shape index (κ3) is 3.64. The number of hydrogen-bond donors (Lipinski definition) is 1. The van der Waals surface area contributed by atoms with Crippen molar-refractivity contribution >= 4 is 11.5 Å². The molecule has 0 amide bonds. The maximum absolute atomic E-state index is 10.5. The molecule has 2 heterocycles. The molecule has 1 aliphatic heterocycles. The highest BCUT2D eigenvalue weighted by Crippen LogP contribution is 2.19. The van der Waals surface area contributed by atoms with E-state index in [1.54, 1.807) is 6.07 Å². The number of anilines is 1. The van der Waals surface area contributed by atoms with Gasteiger partial charge in [0.15, 0.2) is 0 Å². The molecule has 2 rings (SSSR count). The highest BCUT2D eigenvalue weighted by Gasteiger charge is 2.23. The summed E-state index contributed by atoms with van der Waals surface area (Å²) >= 11 is 0. The number of likely N-dealkylation sites (tertiary alicyclic amines) is 1. The highest BCUT2D eigenvalue weighted by molar-refractivity contribution is 5.40. The Kier molecular flexibility index (Phi) is 4.31. The van der Waals surface area contributed by atoms with Gasteiger partial charge in [-0.3, -0.25) is 10.1 Å². The first-order valence-corrected chi connectivity index (χ1v) is 6.64. The molecule has 1 fully saturated rings. The quantitative estimate of drug-likeness (QED) is 0.651. The lowest BCUT2D eigenvalue weighted by molar-refractivity contribution is -0.385. The van der Waals surface area contributed by atoms with Crippen LogP contribution < -0.4 is 5.32 Å². The minimum atomic E-state index is -0.436. The Morgan fingerprint density at radius 3 is 2.89 bits per heavy atom. The molecule has 0 spiro atoms. The fourth-order valence-corrected chi connectivity index (χ4v) is 2.35. The van der Waals surface area contributed by atoms with Gasteiger partial charge in [0.25, 0.3) is 5.69 Å². The van der Waals surface area contributed by atoms with Crippen LogP contribution >= 0.6 is 0 Å². The Balaban J connectivity index is 1.81. The number of nitrogens with one attached hydrogen (secondary N) is 1. The molecular formula is C13H20N4O2. The fourth-order valence-electron chi connectivity index (χ4n) is 2.35.